The highest BCUT2D eigenvalue weighted by Gasteiger charge is 2.27. The van der Waals surface area contributed by atoms with Crippen molar-refractivity contribution in [1.82, 2.24) is 20.4 Å². The highest BCUT2D eigenvalue weighted by molar-refractivity contribution is 5.61. The fourth-order valence-electron chi connectivity index (χ4n) is 7.45. The molecule has 7 heteroatoms. The number of nitrogens with zero attached hydrogens (tertiary/aromatic N) is 4. The van der Waals surface area contributed by atoms with Gasteiger partial charge in [-0.3, -0.25) is 0 Å². The Morgan fingerprint density at radius 1 is 0.667 bits per heavy atom. The van der Waals surface area contributed by atoms with Gasteiger partial charge in [0.1, 0.15) is 0 Å². The largest absolute Gasteiger partial charge is 0.380 e. The summed E-state index contributed by atoms with van der Waals surface area (Å²) in [6, 6.07) is 10.6. The first-order chi connectivity index (χ1) is 20.4. The molecule has 2 saturated heterocycles. The molecule has 2 aromatic carbocycles. The van der Waals surface area contributed by atoms with E-state index in [1.54, 1.807) is 29.4 Å². The highest BCUT2D eigenvalue weighted by atomic mass is 16.5. The first kappa shape index (κ1) is 31.3. The molecule has 232 valence electrons. The lowest BCUT2D eigenvalue weighted by Crippen LogP contribution is -2.45. The van der Waals surface area contributed by atoms with Crippen molar-refractivity contribution in [3.63, 3.8) is 0 Å². The minimum Gasteiger partial charge on any atom is -0.380 e. The Hall–Kier alpha value is -2.16. The lowest BCUT2D eigenvalue weighted by Gasteiger charge is -2.37. The van der Waals surface area contributed by atoms with Crippen LogP contribution in [0.3, 0.4) is 0 Å². The van der Waals surface area contributed by atoms with E-state index >= 15 is 0 Å². The Labute approximate surface area is 255 Å². The molecule has 2 aromatic rings. The molecule has 42 heavy (non-hydrogen) atoms. The smallest absolute Gasteiger partial charge is 0.0715 e. The van der Waals surface area contributed by atoms with Gasteiger partial charge in [-0.15, -0.1) is 0 Å². The van der Waals surface area contributed by atoms with Crippen LogP contribution in [-0.4, -0.2) is 110 Å². The highest BCUT2D eigenvalue weighted by Crippen LogP contribution is 2.35. The second kappa shape index (κ2) is 14.5. The zero-order valence-electron chi connectivity index (χ0n) is 27.3. The molecule has 2 heterocycles. The van der Waals surface area contributed by atoms with Crippen LogP contribution in [0.15, 0.2) is 24.3 Å². The van der Waals surface area contributed by atoms with Gasteiger partial charge >= 0.3 is 0 Å². The maximum atomic E-state index is 5.41. The van der Waals surface area contributed by atoms with Crippen LogP contribution in [-0.2, 0) is 37.0 Å². The number of rotatable bonds is 6. The van der Waals surface area contributed by atoms with Gasteiger partial charge in [-0.2, -0.15) is 0 Å². The minimum atomic E-state index is 0.608. The van der Waals surface area contributed by atoms with Crippen LogP contribution in [0.2, 0.25) is 0 Å². The average Bonchev–Trinajstić information content (AvgIpc) is 3.02. The van der Waals surface area contributed by atoms with Gasteiger partial charge in [0.25, 0.3) is 0 Å². The Morgan fingerprint density at radius 3 is 1.64 bits per heavy atom. The predicted molar refractivity (Wildman–Crippen MR) is 177 cm³/mol. The molecule has 0 saturated carbocycles. The number of piperazine rings is 2. The van der Waals surface area contributed by atoms with Gasteiger partial charge in [-0.25, -0.2) is 0 Å². The van der Waals surface area contributed by atoms with Crippen LogP contribution in [0.4, 0.5) is 11.4 Å². The molecule has 0 bridgehead atoms. The first-order valence-corrected chi connectivity index (χ1v) is 16.4. The van der Waals surface area contributed by atoms with Gasteiger partial charge in [0.15, 0.2) is 0 Å². The number of ether oxygens (including phenoxy) is 1. The number of aryl methyl sites for hydroxylation is 1. The maximum Gasteiger partial charge on any atom is 0.0715 e. The minimum absolute atomic E-state index is 0.608. The number of fused-ring (bicyclic) bond motifs is 2. The van der Waals surface area contributed by atoms with E-state index in [0.717, 1.165) is 52.3 Å². The molecule has 0 radical (unpaired) electrons. The molecule has 2 atom stereocenters. The second-order valence-corrected chi connectivity index (χ2v) is 13.0. The molecule has 6 rings (SSSR count). The van der Waals surface area contributed by atoms with E-state index < -0.39 is 0 Å². The monoisotopic (exact) mass is 576 g/mol. The van der Waals surface area contributed by atoms with Crippen LogP contribution in [0.5, 0.6) is 0 Å². The number of nitrogens with one attached hydrogen (secondary N) is 2. The van der Waals surface area contributed by atoms with Crippen LogP contribution in [0.1, 0.15) is 46.2 Å². The molecule has 2 unspecified atom stereocenters. The number of methoxy groups -OCH3 is 1. The molecule has 0 amide bonds. The number of hydrogen-bond acceptors (Lipinski definition) is 7. The van der Waals surface area contributed by atoms with Gasteiger partial charge in [-0.05, 0) is 119 Å². The van der Waals surface area contributed by atoms with Crippen molar-refractivity contribution in [3.05, 3.63) is 57.6 Å². The summed E-state index contributed by atoms with van der Waals surface area (Å²) in [6.07, 6.45) is 7.23. The van der Waals surface area contributed by atoms with Crippen molar-refractivity contribution in [2.45, 2.75) is 64.1 Å². The summed E-state index contributed by atoms with van der Waals surface area (Å²) >= 11 is 0. The predicted octanol–water partition coefficient (Wildman–Crippen LogP) is 3.49. The summed E-state index contributed by atoms with van der Waals surface area (Å²) in [5.74, 6) is 0. The normalized spacial score (nSPS) is 23.2. The standard InChI is InChI=1S/C18H29N3O.C17H27N3/c1-19-15-5-6-16-14(13-22-3)4-7-18(17(16)12-15)21-10-8-20(2)9-11-21;1-13-4-7-17(20-10-8-19(3)9-11-20)16-12-14(18-2)5-6-15(13)16/h4,7,15,19H,5-6,8-13H2,1-3H3;4,7,14,18H,5-6,8-12H2,1-3H3. The van der Waals surface area contributed by atoms with Crippen LogP contribution >= 0.6 is 0 Å². The molecule has 0 spiro atoms. The second-order valence-electron chi connectivity index (χ2n) is 13.0. The van der Waals surface area contributed by atoms with E-state index in [-0.39, 0.29) is 0 Å². The molecular weight excluding hydrogens is 520 g/mol. The summed E-state index contributed by atoms with van der Waals surface area (Å²) < 4.78 is 5.41. The van der Waals surface area contributed by atoms with E-state index in [9.17, 15) is 0 Å². The Kier molecular flexibility index (Phi) is 10.8. The molecule has 7 nitrogen and oxygen atoms in total. The first-order valence-electron chi connectivity index (χ1n) is 16.4. The third-order valence-corrected chi connectivity index (χ3v) is 10.3. The summed E-state index contributed by atoms with van der Waals surface area (Å²) in [4.78, 5) is 10.0. The molecule has 4 aliphatic rings. The summed E-state index contributed by atoms with van der Waals surface area (Å²) in [7, 11) is 10.4. The third-order valence-electron chi connectivity index (χ3n) is 10.3. The van der Waals surface area contributed by atoms with Crippen molar-refractivity contribution in [2.24, 2.45) is 0 Å². The van der Waals surface area contributed by atoms with E-state index in [4.69, 9.17) is 4.74 Å². The van der Waals surface area contributed by atoms with Crippen molar-refractivity contribution >= 4 is 11.4 Å². The van der Waals surface area contributed by atoms with Crippen LogP contribution < -0.4 is 20.4 Å². The van der Waals surface area contributed by atoms with Crippen LogP contribution in [0.25, 0.3) is 0 Å². The van der Waals surface area contributed by atoms with E-state index in [0.29, 0.717) is 12.1 Å². The Bertz CT molecular complexity index is 1170. The van der Waals surface area contributed by atoms with Crippen molar-refractivity contribution in [3.8, 4) is 0 Å². The van der Waals surface area contributed by atoms with Crippen LogP contribution in [0, 0.1) is 6.92 Å². The van der Waals surface area contributed by atoms with Gasteiger partial charge in [0.05, 0.1) is 6.61 Å². The summed E-state index contributed by atoms with van der Waals surface area (Å²) in [5.41, 5.74) is 12.2. The van der Waals surface area contributed by atoms with Gasteiger partial charge in [0.2, 0.25) is 0 Å². The SMILES string of the molecule is CNC1CCc2c(C)ccc(N3CCN(C)CC3)c2C1.CNC1CCc2c(COC)ccc(N3CCN(C)CC3)c2C1. The van der Waals surface area contributed by atoms with Gasteiger partial charge in [0, 0.05) is 82.9 Å². The fraction of sp³-hybridized carbons (Fsp3) is 0.657. The number of benzene rings is 2. The molecule has 2 aliphatic heterocycles. The molecule has 0 aromatic heterocycles. The van der Waals surface area contributed by atoms with E-state index in [1.165, 1.54) is 67.7 Å². The van der Waals surface area contributed by atoms with E-state index in [1.807, 2.05) is 0 Å². The Morgan fingerprint density at radius 2 is 1.14 bits per heavy atom. The topological polar surface area (TPSA) is 46.2 Å². The molecule has 2 fully saturated rings. The maximum absolute atomic E-state index is 5.41. The lowest BCUT2D eigenvalue weighted by atomic mass is 9.84. The van der Waals surface area contributed by atoms with Crippen molar-refractivity contribution < 1.29 is 4.74 Å². The summed E-state index contributed by atoms with van der Waals surface area (Å²) in [6.45, 7) is 12.3. The quantitative estimate of drug-likeness (QED) is 0.546. The molecule has 2 aliphatic carbocycles. The van der Waals surface area contributed by atoms with Crippen molar-refractivity contribution in [2.75, 3.05) is 97.5 Å². The zero-order valence-corrected chi connectivity index (χ0v) is 27.3. The third kappa shape index (κ3) is 7.13. The number of likely N-dealkylation sites (N-methyl/N-ethyl adjacent to an activating group) is 4. The zero-order chi connectivity index (χ0) is 29.6. The van der Waals surface area contributed by atoms with E-state index in [2.05, 4.69) is 89.6 Å². The van der Waals surface area contributed by atoms with Gasteiger partial charge < -0.3 is 35.0 Å². The number of hydrogen-bond donors (Lipinski definition) is 2. The average molecular weight is 577 g/mol. The number of anilines is 2. The molecular formula is C35H56N6O. The van der Waals surface area contributed by atoms with Crippen molar-refractivity contribution in [1.29, 1.82) is 0 Å². The van der Waals surface area contributed by atoms with Gasteiger partial charge in [-0.1, -0.05) is 12.1 Å². The Balaban J connectivity index is 0.000000169. The summed E-state index contributed by atoms with van der Waals surface area (Å²) in [5, 5.41) is 6.95. The molecule has 2 N–H and O–H groups in total. The fourth-order valence-corrected chi connectivity index (χ4v) is 7.45. The lowest BCUT2D eigenvalue weighted by molar-refractivity contribution is 0.183.